The fraction of sp³-hybridized carbons (Fsp3) is 0.462. The maximum Gasteiger partial charge on any atom is 0.251 e. The van der Waals surface area contributed by atoms with E-state index in [1.807, 2.05) is 0 Å². The fourth-order valence-corrected chi connectivity index (χ4v) is 2.27. The van der Waals surface area contributed by atoms with E-state index in [9.17, 15) is 4.79 Å². The monoisotopic (exact) mass is 268 g/mol. The van der Waals surface area contributed by atoms with E-state index in [0.717, 1.165) is 5.75 Å². The van der Waals surface area contributed by atoms with Crippen LogP contribution in [0, 0.1) is 5.92 Å². The number of ether oxygens (including phenoxy) is 1. The number of carbonyl (C=O) groups excluding carboxylic acids is 1. The number of rotatable bonds is 6. The van der Waals surface area contributed by atoms with E-state index in [-0.39, 0.29) is 5.91 Å². The van der Waals surface area contributed by atoms with E-state index >= 15 is 0 Å². The van der Waals surface area contributed by atoms with Crippen LogP contribution in [0.15, 0.2) is 18.2 Å². The van der Waals surface area contributed by atoms with Gasteiger partial charge in [-0.05, 0) is 30.1 Å². The Morgan fingerprint density at radius 3 is 2.83 bits per heavy atom. The van der Waals surface area contributed by atoms with Crippen molar-refractivity contribution in [3.8, 4) is 5.75 Å². The summed E-state index contributed by atoms with van der Waals surface area (Å²) in [4.78, 5) is 11.9. The number of amides is 1. The average Bonchev–Trinajstić information content (AvgIpc) is 2.35. The lowest BCUT2D eigenvalue weighted by Gasteiger charge is -2.12. The van der Waals surface area contributed by atoms with Gasteiger partial charge in [-0.25, -0.2) is 0 Å². The van der Waals surface area contributed by atoms with Crippen LogP contribution < -0.4 is 15.8 Å². The number of nitrogens with one attached hydrogen (secondary N) is 1. The first-order valence-electron chi connectivity index (χ1n) is 5.78. The van der Waals surface area contributed by atoms with Crippen LogP contribution in [0.1, 0.15) is 17.3 Å². The fourth-order valence-electron chi connectivity index (χ4n) is 1.58. The molecule has 0 aliphatic heterocycles. The molecule has 0 fully saturated rings. The molecule has 0 aromatic heterocycles. The summed E-state index contributed by atoms with van der Waals surface area (Å²) in [5, 5.41) is 2.90. The Kier molecular flexibility index (Phi) is 5.85. The maximum absolute atomic E-state index is 11.9. The minimum atomic E-state index is -0.117. The van der Waals surface area contributed by atoms with Gasteiger partial charge in [-0.2, -0.15) is 11.8 Å². The normalized spacial score (nSPS) is 11.9. The first kappa shape index (κ1) is 14.7. The molecular formula is C13H20N2O2S. The molecule has 0 aliphatic rings. The lowest BCUT2D eigenvalue weighted by atomic mass is 10.1. The molecule has 5 heteroatoms. The van der Waals surface area contributed by atoms with Crippen LogP contribution in [0.4, 0.5) is 5.69 Å². The molecule has 0 aliphatic carbocycles. The SMILES string of the molecule is COc1cc(N)cc(C(=O)NCC(C)CSC)c1. The molecule has 100 valence electrons. The lowest BCUT2D eigenvalue weighted by molar-refractivity contribution is 0.0949. The van der Waals surface area contributed by atoms with Gasteiger partial charge in [-0.1, -0.05) is 6.92 Å². The van der Waals surface area contributed by atoms with Gasteiger partial charge in [-0.3, -0.25) is 4.79 Å². The van der Waals surface area contributed by atoms with Crippen molar-refractivity contribution in [3.63, 3.8) is 0 Å². The molecule has 1 unspecified atom stereocenters. The second-order valence-electron chi connectivity index (χ2n) is 4.27. The second-order valence-corrected chi connectivity index (χ2v) is 5.18. The van der Waals surface area contributed by atoms with Crippen molar-refractivity contribution in [3.05, 3.63) is 23.8 Å². The predicted molar refractivity (Wildman–Crippen MR) is 77.3 cm³/mol. The maximum atomic E-state index is 11.9. The van der Waals surface area contributed by atoms with Crippen molar-refractivity contribution in [2.24, 2.45) is 5.92 Å². The second kappa shape index (κ2) is 7.16. The molecule has 3 N–H and O–H groups in total. The molecule has 1 aromatic rings. The summed E-state index contributed by atoms with van der Waals surface area (Å²) < 4.78 is 5.09. The van der Waals surface area contributed by atoms with Gasteiger partial charge in [0.25, 0.3) is 5.91 Å². The van der Waals surface area contributed by atoms with E-state index in [1.165, 1.54) is 0 Å². The Morgan fingerprint density at radius 2 is 2.22 bits per heavy atom. The highest BCUT2D eigenvalue weighted by atomic mass is 32.2. The molecular weight excluding hydrogens is 248 g/mol. The lowest BCUT2D eigenvalue weighted by Crippen LogP contribution is -2.29. The Morgan fingerprint density at radius 1 is 1.50 bits per heavy atom. The summed E-state index contributed by atoms with van der Waals surface area (Å²) in [5.74, 6) is 1.96. The summed E-state index contributed by atoms with van der Waals surface area (Å²) in [5.41, 5.74) is 6.77. The molecule has 1 atom stereocenters. The third kappa shape index (κ3) is 4.49. The summed E-state index contributed by atoms with van der Waals surface area (Å²) in [6.45, 7) is 2.77. The van der Waals surface area contributed by atoms with Gasteiger partial charge in [0.2, 0.25) is 0 Å². The first-order valence-corrected chi connectivity index (χ1v) is 7.18. The van der Waals surface area contributed by atoms with Gasteiger partial charge in [0.15, 0.2) is 0 Å². The number of hydrogen-bond acceptors (Lipinski definition) is 4. The molecule has 0 heterocycles. The molecule has 1 amide bonds. The van der Waals surface area contributed by atoms with Gasteiger partial charge in [0, 0.05) is 23.9 Å². The third-order valence-electron chi connectivity index (χ3n) is 2.49. The van der Waals surface area contributed by atoms with Crippen molar-refractivity contribution in [2.75, 3.05) is 31.4 Å². The van der Waals surface area contributed by atoms with Gasteiger partial charge in [0.05, 0.1) is 7.11 Å². The highest BCUT2D eigenvalue weighted by Crippen LogP contribution is 2.18. The Bertz CT molecular complexity index is 410. The Labute approximate surface area is 112 Å². The summed E-state index contributed by atoms with van der Waals surface area (Å²) >= 11 is 1.77. The number of carbonyl (C=O) groups is 1. The molecule has 0 saturated heterocycles. The quantitative estimate of drug-likeness (QED) is 0.775. The van der Waals surface area contributed by atoms with Crippen LogP contribution in [0.2, 0.25) is 0 Å². The smallest absolute Gasteiger partial charge is 0.251 e. The number of hydrogen-bond donors (Lipinski definition) is 2. The van der Waals surface area contributed by atoms with E-state index in [2.05, 4.69) is 18.5 Å². The van der Waals surface area contributed by atoms with Crippen LogP contribution in [0.5, 0.6) is 5.75 Å². The number of benzene rings is 1. The third-order valence-corrected chi connectivity index (χ3v) is 3.39. The summed E-state index contributed by atoms with van der Waals surface area (Å²) in [6.07, 6.45) is 2.06. The number of nitrogen functional groups attached to an aromatic ring is 1. The van der Waals surface area contributed by atoms with Crippen LogP contribution in [0.25, 0.3) is 0 Å². The topological polar surface area (TPSA) is 64.3 Å². The van der Waals surface area contributed by atoms with Crippen molar-refractivity contribution < 1.29 is 9.53 Å². The Balaban J connectivity index is 2.63. The zero-order valence-electron chi connectivity index (χ0n) is 11.0. The number of anilines is 1. The molecule has 1 rings (SSSR count). The molecule has 18 heavy (non-hydrogen) atoms. The van der Waals surface area contributed by atoms with E-state index in [0.29, 0.717) is 29.5 Å². The Hall–Kier alpha value is -1.36. The van der Waals surface area contributed by atoms with E-state index < -0.39 is 0 Å². The number of methoxy groups -OCH3 is 1. The predicted octanol–water partition coefficient (Wildman–Crippen LogP) is 2.01. The van der Waals surface area contributed by atoms with Crippen LogP contribution >= 0.6 is 11.8 Å². The van der Waals surface area contributed by atoms with Gasteiger partial charge in [-0.15, -0.1) is 0 Å². The highest BCUT2D eigenvalue weighted by Gasteiger charge is 2.09. The highest BCUT2D eigenvalue weighted by molar-refractivity contribution is 7.98. The number of nitrogens with two attached hydrogens (primary N) is 1. The standard InChI is InChI=1S/C13H20N2O2S/c1-9(8-18-3)7-15-13(16)10-4-11(14)6-12(5-10)17-2/h4-6,9H,7-8,14H2,1-3H3,(H,15,16). The van der Waals surface area contributed by atoms with Gasteiger partial charge < -0.3 is 15.8 Å². The zero-order chi connectivity index (χ0) is 13.5. The minimum Gasteiger partial charge on any atom is -0.497 e. The van der Waals surface area contributed by atoms with Crippen molar-refractivity contribution in [1.29, 1.82) is 0 Å². The average molecular weight is 268 g/mol. The van der Waals surface area contributed by atoms with E-state index in [4.69, 9.17) is 10.5 Å². The molecule has 0 radical (unpaired) electrons. The van der Waals surface area contributed by atoms with Crippen LogP contribution in [0.3, 0.4) is 0 Å². The van der Waals surface area contributed by atoms with Gasteiger partial charge >= 0.3 is 0 Å². The van der Waals surface area contributed by atoms with Crippen molar-refractivity contribution in [1.82, 2.24) is 5.32 Å². The zero-order valence-corrected chi connectivity index (χ0v) is 11.8. The molecule has 1 aromatic carbocycles. The number of thioether (sulfide) groups is 1. The van der Waals surface area contributed by atoms with Gasteiger partial charge in [0.1, 0.15) is 5.75 Å². The van der Waals surface area contributed by atoms with Crippen molar-refractivity contribution >= 4 is 23.4 Å². The molecule has 0 spiro atoms. The summed E-state index contributed by atoms with van der Waals surface area (Å²) in [6, 6.07) is 5.02. The van der Waals surface area contributed by atoms with Crippen LogP contribution in [-0.4, -0.2) is 31.6 Å². The first-order chi connectivity index (χ1) is 8.56. The van der Waals surface area contributed by atoms with E-state index in [1.54, 1.807) is 37.1 Å². The molecule has 0 bridgehead atoms. The minimum absolute atomic E-state index is 0.117. The molecule has 0 saturated carbocycles. The summed E-state index contributed by atoms with van der Waals surface area (Å²) in [7, 11) is 1.55. The van der Waals surface area contributed by atoms with Crippen LogP contribution in [-0.2, 0) is 0 Å². The molecule has 4 nitrogen and oxygen atoms in total. The van der Waals surface area contributed by atoms with Crippen molar-refractivity contribution in [2.45, 2.75) is 6.92 Å². The largest absolute Gasteiger partial charge is 0.497 e.